The fraction of sp³-hybridized carbons (Fsp3) is 0.773. The molecule has 37 heavy (non-hydrogen) atoms. The fourth-order valence-corrected chi connectivity index (χ4v) is 3.34. The van der Waals surface area contributed by atoms with Crippen molar-refractivity contribution in [1.29, 1.82) is 5.41 Å². The number of rotatable bonds is 20. The molecule has 0 rings (SSSR count). The van der Waals surface area contributed by atoms with Gasteiger partial charge in [-0.15, -0.1) is 0 Å². The highest BCUT2D eigenvalue weighted by atomic mass is 16.4. The van der Waals surface area contributed by atoms with Gasteiger partial charge in [-0.05, 0) is 71.4 Å². The number of unbranched alkanes of at least 4 members (excludes halogenated alkanes) is 2. The lowest BCUT2D eigenvalue weighted by Gasteiger charge is -2.26. The summed E-state index contributed by atoms with van der Waals surface area (Å²) in [4.78, 5) is 50.1. The molecule has 3 amide bonds. The van der Waals surface area contributed by atoms with Gasteiger partial charge in [0.1, 0.15) is 24.2 Å². The molecule has 0 aromatic carbocycles. The smallest absolute Gasteiger partial charge is 0.326 e. The van der Waals surface area contributed by atoms with Gasteiger partial charge in [-0.3, -0.25) is 19.8 Å². The standard InChI is InChI=1S/C22H45N9O6/c1-13(32)17(25)20(35)30-14(7-2-4-10-23)18(33)29-15(9-6-12-28-22(26)27)19(34)31-16(21(36)37)8-3-5-11-24/h13-17,32H,2-12,23-25H2,1H3,(H,29,33)(H,30,35)(H,31,34)(H,36,37)(H4,26,27,28)/t13-,14+,15+,16+,17+/m1/s1. The second kappa shape index (κ2) is 19.1. The summed E-state index contributed by atoms with van der Waals surface area (Å²) >= 11 is 0. The van der Waals surface area contributed by atoms with Crippen LogP contribution in [0.2, 0.25) is 0 Å². The van der Waals surface area contributed by atoms with Crippen LogP contribution in [0, 0.1) is 5.41 Å². The molecule has 214 valence electrons. The SMILES string of the molecule is C[C@@H](O)[C@H](N)C(=O)N[C@@H](CCCCN)C(=O)N[C@@H](CCCNC(=N)N)C(=O)N[C@@H](CCCCN)C(=O)O. The molecule has 0 aromatic rings. The first-order valence-corrected chi connectivity index (χ1v) is 12.5. The minimum absolute atomic E-state index is 0.101. The lowest BCUT2D eigenvalue weighted by atomic mass is 10.0. The molecular weight excluding hydrogens is 486 g/mol. The highest BCUT2D eigenvalue weighted by Crippen LogP contribution is 2.07. The molecule has 0 aliphatic heterocycles. The predicted molar refractivity (Wildman–Crippen MR) is 138 cm³/mol. The molecule has 15 N–H and O–H groups in total. The molecule has 0 aliphatic rings. The Hall–Kier alpha value is -3.01. The van der Waals surface area contributed by atoms with Crippen molar-refractivity contribution >= 4 is 29.7 Å². The quantitative estimate of drug-likeness (QED) is 0.0421. The second-order valence-corrected chi connectivity index (χ2v) is 8.84. The number of nitrogens with one attached hydrogen (secondary N) is 5. The molecule has 0 unspecified atom stereocenters. The normalized spacial score (nSPS) is 14.9. The Balaban J connectivity index is 5.58. The molecule has 0 bridgehead atoms. The highest BCUT2D eigenvalue weighted by molar-refractivity contribution is 5.94. The molecule has 0 radical (unpaired) electrons. The maximum Gasteiger partial charge on any atom is 0.326 e. The molecule has 0 spiro atoms. The third kappa shape index (κ3) is 15.0. The molecule has 0 aliphatic carbocycles. The number of guanidine groups is 1. The molecular formula is C22H45N9O6. The molecule has 0 aromatic heterocycles. The van der Waals surface area contributed by atoms with Crippen LogP contribution in [0.3, 0.4) is 0 Å². The molecule has 15 heteroatoms. The number of carbonyl (C=O) groups excluding carboxylic acids is 3. The van der Waals surface area contributed by atoms with Crippen LogP contribution in [-0.4, -0.2) is 89.8 Å². The number of nitrogens with two attached hydrogens (primary N) is 4. The lowest BCUT2D eigenvalue weighted by Crippen LogP contribution is -2.58. The monoisotopic (exact) mass is 531 g/mol. The number of aliphatic hydroxyl groups excluding tert-OH is 1. The van der Waals surface area contributed by atoms with Crippen molar-refractivity contribution in [3.63, 3.8) is 0 Å². The average molecular weight is 532 g/mol. The Kier molecular flexibility index (Phi) is 17.6. The third-order valence-corrected chi connectivity index (χ3v) is 5.58. The van der Waals surface area contributed by atoms with Crippen molar-refractivity contribution in [3.8, 4) is 0 Å². The maximum atomic E-state index is 13.1. The van der Waals surface area contributed by atoms with Gasteiger partial charge in [-0.2, -0.15) is 0 Å². The van der Waals surface area contributed by atoms with Crippen molar-refractivity contribution in [2.45, 2.75) is 88.6 Å². The van der Waals surface area contributed by atoms with E-state index in [4.69, 9.17) is 28.3 Å². The second-order valence-electron chi connectivity index (χ2n) is 8.84. The summed E-state index contributed by atoms with van der Waals surface area (Å²) in [7, 11) is 0. The number of amides is 3. The summed E-state index contributed by atoms with van der Waals surface area (Å²) in [5.41, 5.74) is 21.9. The first-order valence-electron chi connectivity index (χ1n) is 12.5. The van der Waals surface area contributed by atoms with Crippen LogP contribution in [0.25, 0.3) is 0 Å². The Morgan fingerprint density at radius 3 is 1.65 bits per heavy atom. The van der Waals surface area contributed by atoms with Crippen molar-refractivity contribution in [1.82, 2.24) is 21.3 Å². The minimum atomic E-state index is -1.26. The zero-order valence-corrected chi connectivity index (χ0v) is 21.5. The van der Waals surface area contributed by atoms with Crippen LogP contribution in [0.4, 0.5) is 0 Å². The Morgan fingerprint density at radius 1 is 0.784 bits per heavy atom. The summed E-state index contributed by atoms with van der Waals surface area (Å²) in [5.74, 6) is -3.58. The number of aliphatic carboxylic acids is 1. The lowest BCUT2D eigenvalue weighted by molar-refractivity contribution is -0.142. The van der Waals surface area contributed by atoms with Crippen LogP contribution >= 0.6 is 0 Å². The number of hydrogen-bond donors (Lipinski definition) is 11. The van der Waals surface area contributed by atoms with Crippen LogP contribution in [0.5, 0.6) is 0 Å². The van der Waals surface area contributed by atoms with Crippen molar-refractivity contribution in [3.05, 3.63) is 0 Å². The number of carbonyl (C=O) groups is 4. The molecule has 0 fully saturated rings. The summed E-state index contributed by atoms with van der Waals surface area (Å²) in [5, 5.41) is 36.5. The van der Waals surface area contributed by atoms with Crippen LogP contribution in [0.15, 0.2) is 0 Å². The van der Waals surface area contributed by atoms with Gasteiger partial charge < -0.3 is 54.4 Å². The van der Waals surface area contributed by atoms with E-state index in [0.29, 0.717) is 45.2 Å². The van der Waals surface area contributed by atoms with Crippen molar-refractivity contribution < 1.29 is 29.4 Å². The maximum absolute atomic E-state index is 13.1. The molecule has 0 saturated heterocycles. The van der Waals surface area contributed by atoms with Gasteiger partial charge in [0.25, 0.3) is 0 Å². The van der Waals surface area contributed by atoms with Crippen molar-refractivity contribution in [2.75, 3.05) is 19.6 Å². The summed E-state index contributed by atoms with van der Waals surface area (Å²) in [6.45, 7) is 2.35. The predicted octanol–water partition coefficient (Wildman–Crippen LogP) is -3.25. The van der Waals surface area contributed by atoms with E-state index in [2.05, 4.69) is 21.3 Å². The van der Waals surface area contributed by atoms with E-state index in [0.717, 1.165) is 0 Å². The molecule has 0 heterocycles. The van der Waals surface area contributed by atoms with Gasteiger partial charge in [0.15, 0.2) is 5.96 Å². The van der Waals surface area contributed by atoms with Gasteiger partial charge in [0.05, 0.1) is 6.10 Å². The van der Waals surface area contributed by atoms with Crippen molar-refractivity contribution in [2.24, 2.45) is 22.9 Å². The Bertz CT molecular complexity index is 737. The zero-order chi connectivity index (χ0) is 28.4. The first kappa shape index (κ1) is 34.0. The van der Waals surface area contributed by atoms with Gasteiger partial charge >= 0.3 is 5.97 Å². The van der Waals surface area contributed by atoms with Gasteiger partial charge in [0, 0.05) is 6.54 Å². The number of aliphatic hydroxyl groups is 1. The Morgan fingerprint density at radius 2 is 1.22 bits per heavy atom. The largest absolute Gasteiger partial charge is 0.480 e. The number of hydrogen-bond acceptors (Lipinski definition) is 9. The van der Waals surface area contributed by atoms with Crippen LogP contribution < -0.4 is 44.2 Å². The third-order valence-electron chi connectivity index (χ3n) is 5.58. The molecule has 15 nitrogen and oxygen atoms in total. The van der Waals surface area contributed by atoms with E-state index < -0.39 is 54.0 Å². The van der Waals surface area contributed by atoms with E-state index in [-0.39, 0.29) is 31.8 Å². The van der Waals surface area contributed by atoms with E-state index >= 15 is 0 Å². The van der Waals surface area contributed by atoms with E-state index in [1.54, 1.807) is 0 Å². The summed E-state index contributed by atoms with van der Waals surface area (Å²) < 4.78 is 0. The molecule has 5 atom stereocenters. The fourth-order valence-electron chi connectivity index (χ4n) is 3.34. The van der Waals surface area contributed by atoms with Gasteiger partial charge in [-0.25, -0.2) is 4.79 Å². The number of carboxylic acid groups (broad SMARTS) is 1. The topological polar surface area (TPSA) is 285 Å². The van der Waals surface area contributed by atoms with Crippen LogP contribution in [0.1, 0.15) is 58.3 Å². The van der Waals surface area contributed by atoms with E-state index in [1.807, 2.05) is 0 Å². The summed E-state index contributed by atoms with van der Waals surface area (Å²) in [6, 6.07) is -4.62. The van der Waals surface area contributed by atoms with Gasteiger partial charge in [0.2, 0.25) is 17.7 Å². The Labute approximate surface area is 217 Å². The zero-order valence-electron chi connectivity index (χ0n) is 21.5. The highest BCUT2D eigenvalue weighted by Gasteiger charge is 2.30. The van der Waals surface area contributed by atoms with Gasteiger partial charge in [-0.1, -0.05) is 0 Å². The van der Waals surface area contributed by atoms with E-state index in [9.17, 15) is 29.4 Å². The minimum Gasteiger partial charge on any atom is -0.480 e. The average Bonchev–Trinajstić information content (AvgIpc) is 2.83. The van der Waals surface area contributed by atoms with E-state index in [1.165, 1.54) is 6.92 Å². The summed E-state index contributed by atoms with van der Waals surface area (Å²) in [6.07, 6.45) is 1.82. The first-order chi connectivity index (χ1) is 17.4. The van der Waals surface area contributed by atoms with Crippen LogP contribution in [-0.2, 0) is 19.2 Å². The number of carboxylic acids is 1. The molecule has 0 saturated carbocycles.